The lowest BCUT2D eigenvalue weighted by atomic mass is 9.86. The van der Waals surface area contributed by atoms with Crippen LogP contribution < -0.4 is 5.32 Å². The number of carbonyl (C=O) groups is 1. The van der Waals surface area contributed by atoms with E-state index in [-0.39, 0.29) is 11.9 Å². The average Bonchev–Trinajstić information content (AvgIpc) is 2.62. The van der Waals surface area contributed by atoms with Crippen LogP contribution in [0.25, 0.3) is 0 Å². The van der Waals surface area contributed by atoms with Crippen LogP contribution in [0.1, 0.15) is 77.7 Å². The fourth-order valence-corrected chi connectivity index (χ4v) is 10.2. The first kappa shape index (κ1) is 21.7. The van der Waals surface area contributed by atoms with Gasteiger partial charge in [-0.2, -0.15) is 0 Å². The van der Waals surface area contributed by atoms with Gasteiger partial charge in [0.1, 0.15) is 13.8 Å². The maximum Gasteiger partial charge on any atom is 0.270 e. The number of amides is 1. The molecule has 3 nitrogen and oxygen atoms in total. The van der Waals surface area contributed by atoms with E-state index in [9.17, 15) is 4.79 Å². The Morgan fingerprint density at radius 3 is 2.33 bits per heavy atom. The van der Waals surface area contributed by atoms with Crippen molar-refractivity contribution in [2.45, 2.75) is 89.9 Å². The Morgan fingerprint density at radius 1 is 1.11 bits per heavy atom. The molecule has 27 heavy (non-hydrogen) atoms. The molecule has 0 aliphatic heterocycles. The van der Waals surface area contributed by atoms with Crippen LogP contribution >= 0.6 is 0 Å². The molecule has 0 saturated heterocycles. The highest BCUT2D eigenvalue weighted by Gasteiger charge is 2.41. The summed E-state index contributed by atoms with van der Waals surface area (Å²) in [6.07, 6.45) is 5.95. The molecular formula is C23H36N2OSi. The SMILES string of the molecule is CC(C)[Si](C#CC1CCC[C@H](NC(=O)c2ccccn2)C1)(C(C)C)C(C)C. The predicted octanol–water partition coefficient (Wildman–Crippen LogP) is 5.59. The number of pyridine rings is 1. The van der Waals surface area contributed by atoms with Crippen LogP contribution in [0.15, 0.2) is 24.4 Å². The molecule has 148 valence electrons. The highest BCUT2D eigenvalue weighted by molar-refractivity contribution is 6.90. The largest absolute Gasteiger partial charge is 0.348 e. The van der Waals surface area contributed by atoms with E-state index in [4.69, 9.17) is 0 Å². The third-order valence-electron chi connectivity index (χ3n) is 6.27. The molecule has 2 atom stereocenters. The van der Waals surface area contributed by atoms with E-state index in [0.29, 0.717) is 28.2 Å². The van der Waals surface area contributed by atoms with E-state index < -0.39 is 8.07 Å². The number of rotatable bonds is 5. The topological polar surface area (TPSA) is 42.0 Å². The smallest absolute Gasteiger partial charge is 0.270 e. The lowest BCUT2D eigenvalue weighted by molar-refractivity contribution is 0.0919. The fraction of sp³-hybridized carbons (Fsp3) is 0.652. The lowest BCUT2D eigenvalue weighted by Crippen LogP contribution is -2.43. The van der Waals surface area contributed by atoms with Crippen molar-refractivity contribution in [1.29, 1.82) is 0 Å². The molecule has 1 unspecified atom stereocenters. The molecular weight excluding hydrogens is 348 g/mol. The molecule has 1 amide bonds. The van der Waals surface area contributed by atoms with Gasteiger partial charge in [0, 0.05) is 18.2 Å². The molecule has 1 fully saturated rings. The maximum atomic E-state index is 12.4. The van der Waals surface area contributed by atoms with Crippen LogP contribution in [-0.2, 0) is 0 Å². The Hall–Kier alpha value is -1.60. The summed E-state index contributed by atoms with van der Waals surface area (Å²) in [6, 6.07) is 5.66. The van der Waals surface area contributed by atoms with Crippen molar-refractivity contribution in [2.75, 3.05) is 0 Å². The number of carbonyl (C=O) groups excluding carboxylic acids is 1. The van der Waals surface area contributed by atoms with Gasteiger partial charge in [0.05, 0.1) is 0 Å². The van der Waals surface area contributed by atoms with Crippen LogP contribution in [0.5, 0.6) is 0 Å². The average molecular weight is 385 g/mol. The number of nitrogens with zero attached hydrogens (tertiary/aromatic N) is 1. The molecule has 0 aromatic carbocycles. The van der Waals surface area contributed by atoms with Gasteiger partial charge in [-0.1, -0.05) is 54.0 Å². The van der Waals surface area contributed by atoms with Gasteiger partial charge < -0.3 is 5.32 Å². The Kier molecular flexibility index (Phi) is 7.67. The van der Waals surface area contributed by atoms with Gasteiger partial charge in [0.25, 0.3) is 5.91 Å². The molecule has 4 heteroatoms. The zero-order valence-corrected chi connectivity index (χ0v) is 18.9. The Balaban J connectivity index is 2.08. The summed E-state index contributed by atoms with van der Waals surface area (Å²) in [5.74, 6) is 4.03. The van der Waals surface area contributed by atoms with E-state index in [1.807, 2.05) is 12.1 Å². The van der Waals surface area contributed by atoms with Crippen LogP contribution in [0.4, 0.5) is 0 Å². The van der Waals surface area contributed by atoms with Gasteiger partial charge in [0.15, 0.2) is 0 Å². The second-order valence-corrected chi connectivity index (χ2v) is 14.5. The van der Waals surface area contributed by atoms with Crippen molar-refractivity contribution in [2.24, 2.45) is 5.92 Å². The molecule has 0 spiro atoms. The summed E-state index contributed by atoms with van der Waals surface area (Å²) in [5, 5.41) is 3.17. The molecule has 1 aliphatic rings. The Bertz CT molecular complexity index is 651. The summed E-state index contributed by atoms with van der Waals surface area (Å²) in [6.45, 7) is 14.2. The van der Waals surface area contributed by atoms with Crippen LogP contribution in [0.2, 0.25) is 16.6 Å². The molecule has 1 aliphatic carbocycles. The van der Waals surface area contributed by atoms with E-state index in [0.717, 1.165) is 25.7 Å². The van der Waals surface area contributed by atoms with Crippen LogP contribution in [-0.4, -0.2) is 25.0 Å². The summed E-state index contributed by atoms with van der Waals surface area (Å²) < 4.78 is 0. The molecule has 1 aromatic heterocycles. The minimum absolute atomic E-state index is 0.0653. The van der Waals surface area contributed by atoms with Crippen molar-refractivity contribution in [1.82, 2.24) is 10.3 Å². The molecule has 1 saturated carbocycles. The fourth-order valence-electron chi connectivity index (χ4n) is 4.87. The van der Waals surface area contributed by atoms with Gasteiger partial charge in [-0.15, -0.1) is 11.5 Å². The minimum Gasteiger partial charge on any atom is -0.348 e. The quantitative estimate of drug-likeness (QED) is 0.531. The third kappa shape index (κ3) is 5.22. The van der Waals surface area contributed by atoms with Crippen LogP contribution in [0, 0.1) is 17.4 Å². The summed E-state index contributed by atoms with van der Waals surface area (Å²) >= 11 is 0. The van der Waals surface area contributed by atoms with Gasteiger partial charge in [-0.25, -0.2) is 0 Å². The van der Waals surface area contributed by atoms with Crippen molar-refractivity contribution in [3.63, 3.8) is 0 Å². The minimum atomic E-state index is -1.68. The van der Waals surface area contributed by atoms with Gasteiger partial charge in [-0.3, -0.25) is 9.78 Å². The molecule has 1 heterocycles. The number of hydrogen-bond acceptors (Lipinski definition) is 2. The monoisotopic (exact) mass is 384 g/mol. The first-order valence-electron chi connectivity index (χ1n) is 10.5. The molecule has 0 bridgehead atoms. The second kappa shape index (κ2) is 9.55. The highest BCUT2D eigenvalue weighted by atomic mass is 28.3. The molecule has 1 aromatic rings. The summed E-state index contributed by atoms with van der Waals surface area (Å²) in [7, 11) is -1.68. The second-order valence-electron chi connectivity index (χ2n) is 8.92. The van der Waals surface area contributed by atoms with Gasteiger partial charge >= 0.3 is 0 Å². The van der Waals surface area contributed by atoms with Gasteiger partial charge in [-0.05, 0) is 48.0 Å². The number of aromatic nitrogens is 1. The molecule has 0 radical (unpaired) electrons. The van der Waals surface area contributed by atoms with Crippen molar-refractivity contribution in [3.05, 3.63) is 30.1 Å². The van der Waals surface area contributed by atoms with Crippen LogP contribution in [0.3, 0.4) is 0 Å². The predicted molar refractivity (Wildman–Crippen MR) is 116 cm³/mol. The first-order chi connectivity index (χ1) is 12.8. The summed E-state index contributed by atoms with van der Waals surface area (Å²) in [5.41, 5.74) is 6.35. The van der Waals surface area contributed by atoms with Gasteiger partial charge in [0.2, 0.25) is 0 Å². The van der Waals surface area contributed by atoms with Crippen molar-refractivity contribution >= 4 is 14.0 Å². The van der Waals surface area contributed by atoms with Crippen molar-refractivity contribution in [3.8, 4) is 11.5 Å². The van der Waals surface area contributed by atoms with E-state index in [1.54, 1.807) is 12.3 Å². The van der Waals surface area contributed by atoms with E-state index in [2.05, 4.69) is 63.3 Å². The van der Waals surface area contributed by atoms with E-state index >= 15 is 0 Å². The lowest BCUT2D eigenvalue weighted by Gasteiger charge is -2.38. The number of hydrogen-bond donors (Lipinski definition) is 1. The summed E-state index contributed by atoms with van der Waals surface area (Å²) in [4.78, 5) is 16.6. The zero-order valence-electron chi connectivity index (χ0n) is 17.9. The maximum absolute atomic E-state index is 12.4. The molecule has 1 N–H and O–H groups in total. The Morgan fingerprint density at radius 2 is 1.78 bits per heavy atom. The zero-order chi connectivity index (χ0) is 20.0. The molecule has 2 rings (SSSR count). The highest BCUT2D eigenvalue weighted by Crippen LogP contribution is 2.41. The van der Waals surface area contributed by atoms with E-state index in [1.165, 1.54) is 0 Å². The normalized spacial score (nSPS) is 20.5. The Labute approximate surface area is 166 Å². The first-order valence-corrected chi connectivity index (χ1v) is 12.7. The standard InChI is InChI=1S/C23H36N2OSi/c1-17(2)27(18(3)4,19(5)6)15-13-20-10-9-11-21(16-20)25-23(26)22-12-7-8-14-24-22/h7-8,12,14,17-21H,9-11,16H2,1-6H3,(H,25,26)/t20?,21-/m0/s1. The number of nitrogens with one attached hydrogen (secondary N) is 1. The third-order valence-corrected chi connectivity index (χ3v) is 12.6. The van der Waals surface area contributed by atoms with Crippen molar-refractivity contribution < 1.29 is 4.79 Å².